The van der Waals surface area contributed by atoms with E-state index in [4.69, 9.17) is 0 Å². The van der Waals surface area contributed by atoms with Gasteiger partial charge in [0, 0.05) is 5.92 Å². The second-order valence-electron chi connectivity index (χ2n) is 9.28. The van der Waals surface area contributed by atoms with Gasteiger partial charge in [-0.25, -0.2) is 0 Å². The van der Waals surface area contributed by atoms with E-state index in [0.717, 1.165) is 36.5 Å². The number of carbonyl (C=O) groups excluding carboxylic acids is 1. The second-order valence-corrected chi connectivity index (χ2v) is 9.28. The van der Waals surface area contributed by atoms with Gasteiger partial charge in [-0.1, -0.05) is 39.5 Å². The first-order valence-corrected chi connectivity index (χ1v) is 10.6. The van der Waals surface area contributed by atoms with E-state index in [1.54, 1.807) is 6.92 Å². The Kier molecular flexibility index (Phi) is 5.53. The summed E-state index contributed by atoms with van der Waals surface area (Å²) in [5.41, 5.74) is 0.657. The molecule has 3 fully saturated rings. The number of carbonyl (C=O) groups is 1. The highest BCUT2D eigenvalue weighted by molar-refractivity contribution is 5.78. The van der Waals surface area contributed by atoms with Crippen LogP contribution in [0.15, 0.2) is 0 Å². The van der Waals surface area contributed by atoms with E-state index in [9.17, 15) is 4.79 Å². The van der Waals surface area contributed by atoms with E-state index in [1.165, 1.54) is 64.2 Å². The number of hydrogen-bond donors (Lipinski definition) is 0. The highest BCUT2D eigenvalue weighted by atomic mass is 16.1. The fourth-order valence-electron chi connectivity index (χ4n) is 6.87. The van der Waals surface area contributed by atoms with Gasteiger partial charge in [-0.2, -0.15) is 0 Å². The van der Waals surface area contributed by atoms with Crippen LogP contribution >= 0.6 is 0 Å². The Hall–Kier alpha value is -0.330. The summed E-state index contributed by atoms with van der Waals surface area (Å²) in [6.45, 7) is 6.64. The predicted molar refractivity (Wildman–Crippen MR) is 97.3 cm³/mol. The van der Waals surface area contributed by atoms with Crippen molar-refractivity contribution in [2.45, 2.75) is 97.8 Å². The van der Waals surface area contributed by atoms with Crippen LogP contribution in [0.4, 0.5) is 0 Å². The summed E-state index contributed by atoms with van der Waals surface area (Å²) in [6, 6.07) is 0. The summed E-state index contributed by atoms with van der Waals surface area (Å²) in [7, 11) is 0. The lowest BCUT2D eigenvalue weighted by molar-refractivity contribution is -0.121. The zero-order valence-electron chi connectivity index (χ0n) is 15.8. The van der Waals surface area contributed by atoms with Crippen LogP contribution in [-0.4, -0.2) is 5.78 Å². The second kappa shape index (κ2) is 7.28. The van der Waals surface area contributed by atoms with Gasteiger partial charge in [0.2, 0.25) is 0 Å². The van der Waals surface area contributed by atoms with Crippen LogP contribution in [0.25, 0.3) is 0 Å². The van der Waals surface area contributed by atoms with Crippen LogP contribution < -0.4 is 0 Å². The molecule has 3 rings (SSSR count). The normalized spacial score (nSPS) is 41.7. The van der Waals surface area contributed by atoms with Crippen LogP contribution in [0.1, 0.15) is 97.8 Å². The van der Waals surface area contributed by atoms with Crippen molar-refractivity contribution >= 4 is 5.78 Å². The molecule has 3 saturated carbocycles. The van der Waals surface area contributed by atoms with E-state index in [-0.39, 0.29) is 0 Å². The summed E-state index contributed by atoms with van der Waals surface area (Å²) < 4.78 is 0. The van der Waals surface area contributed by atoms with Gasteiger partial charge in [0.05, 0.1) is 0 Å². The molecule has 6 atom stereocenters. The smallest absolute Gasteiger partial charge is 0.132 e. The molecule has 3 aliphatic rings. The Labute approximate surface area is 144 Å². The first kappa shape index (κ1) is 17.5. The van der Waals surface area contributed by atoms with Crippen molar-refractivity contribution in [3.8, 4) is 0 Å². The minimum absolute atomic E-state index is 0.331. The van der Waals surface area contributed by atoms with Crippen LogP contribution in [0, 0.1) is 35.0 Å². The SMILES string of the molecule is CCC(CC[C@@H]1CCC[C@H]2C1CC[C@H]1CCCCC12C)C(C)=O. The first-order valence-electron chi connectivity index (χ1n) is 10.6. The average Bonchev–Trinajstić information content (AvgIpc) is 2.55. The predicted octanol–water partition coefficient (Wildman–Crippen LogP) is 6.40. The molecule has 0 heterocycles. The van der Waals surface area contributed by atoms with Crippen molar-refractivity contribution < 1.29 is 4.79 Å². The molecule has 0 amide bonds. The summed E-state index contributed by atoms with van der Waals surface area (Å²) >= 11 is 0. The standard InChI is InChI=1S/C22H38O/c1-4-17(16(2)23)11-12-18-8-7-10-21-20(18)14-13-19-9-5-6-15-22(19,21)3/h17-21H,4-15H2,1-3H3/t17?,18-,19+,20?,21-,22?/m0/s1. The highest BCUT2D eigenvalue weighted by Gasteiger charge is 2.51. The molecule has 0 saturated heterocycles. The monoisotopic (exact) mass is 318 g/mol. The average molecular weight is 319 g/mol. The maximum Gasteiger partial charge on any atom is 0.132 e. The van der Waals surface area contributed by atoms with E-state index >= 15 is 0 Å². The van der Waals surface area contributed by atoms with Crippen molar-refractivity contribution in [2.75, 3.05) is 0 Å². The van der Waals surface area contributed by atoms with Gasteiger partial charge in [0.1, 0.15) is 5.78 Å². The van der Waals surface area contributed by atoms with Gasteiger partial charge in [0.25, 0.3) is 0 Å². The maximum absolute atomic E-state index is 11.8. The molecular formula is C22H38O. The lowest BCUT2D eigenvalue weighted by atomic mass is 9.48. The van der Waals surface area contributed by atoms with Gasteiger partial charge in [-0.15, -0.1) is 0 Å². The fourth-order valence-corrected chi connectivity index (χ4v) is 6.87. The summed E-state index contributed by atoms with van der Waals surface area (Å²) in [5.74, 6) is 4.67. The Bertz CT molecular complexity index is 414. The third-order valence-corrected chi connectivity index (χ3v) is 8.31. The molecule has 0 spiro atoms. The van der Waals surface area contributed by atoms with Crippen molar-refractivity contribution in [1.29, 1.82) is 0 Å². The molecule has 0 aromatic carbocycles. The van der Waals surface area contributed by atoms with Gasteiger partial charge < -0.3 is 0 Å². The summed E-state index contributed by atoms with van der Waals surface area (Å²) in [4.78, 5) is 11.8. The Morgan fingerprint density at radius 3 is 2.65 bits per heavy atom. The minimum Gasteiger partial charge on any atom is -0.300 e. The Morgan fingerprint density at radius 2 is 1.91 bits per heavy atom. The van der Waals surface area contributed by atoms with Gasteiger partial charge in [0.15, 0.2) is 0 Å². The molecule has 132 valence electrons. The van der Waals surface area contributed by atoms with Gasteiger partial charge in [-0.05, 0) is 87.4 Å². The number of ketones is 1. The lowest BCUT2D eigenvalue weighted by Gasteiger charge is -2.57. The number of fused-ring (bicyclic) bond motifs is 3. The molecule has 1 heteroatoms. The zero-order valence-corrected chi connectivity index (χ0v) is 15.8. The lowest BCUT2D eigenvalue weighted by Crippen LogP contribution is -2.48. The molecule has 3 unspecified atom stereocenters. The van der Waals surface area contributed by atoms with Crippen LogP contribution in [0.2, 0.25) is 0 Å². The topological polar surface area (TPSA) is 17.1 Å². The Morgan fingerprint density at radius 1 is 1.09 bits per heavy atom. The molecule has 0 aromatic heterocycles. The van der Waals surface area contributed by atoms with Crippen LogP contribution in [0.5, 0.6) is 0 Å². The van der Waals surface area contributed by atoms with Crippen LogP contribution in [-0.2, 0) is 4.79 Å². The minimum atomic E-state index is 0.331. The van der Waals surface area contributed by atoms with Gasteiger partial charge in [-0.3, -0.25) is 4.79 Å². The number of Topliss-reactive ketones (excluding diaryl/α,β-unsaturated/α-hetero) is 1. The van der Waals surface area contributed by atoms with Crippen molar-refractivity contribution in [2.24, 2.45) is 35.0 Å². The summed E-state index contributed by atoms with van der Waals surface area (Å²) in [6.07, 6.45) is 16.9. The fraction of sp³-hybridized carbons (Fsp3) is 0.955. The van der Waals surface area contributed by atoms with Crippen molar-refractivity contribution in [1.82, 2.24) is 0 Å². The van der Waals surface area contributed by atoms with Crippen molar-refractivity contribution in [3.05, 3.63) is 0 Å². The molecule has 23 heavy (non-hydrogen) atoms. The van der Waals surface area contributed by atoms with E-state index in [2.05, 4.69) is 13.8 Å². The van der Waals surface area contributed by atoms with E-state index in [1.807, 2.05) is 0 Å². The zero-order chi connectivity index (χ0) is 16.4. The molecular weight excluding hydrogens is 280 g/mol. The molecule has 0 radical (unpaired) electrons. The van der Waals surface area contributed by atoms with E-state index < -0.39 is 0 Å². The largest absolute Gasteiger partial charge is 0.300 e. The molecule has 0 N–H and O–H groups in total. The first-order chi connectivity index (χ1) is 11.1. The number of hydrogen-bond acceptors (Lipinski definition) is 1. The van der Waals surface area contributed by atoms with Crippen molar-refractivity contribution in [3.63, 3.8) is 0 Å². The molecule has 3 aliphatic carbocycles. The third kappa shape index (κ3) is 3.40. The quantitative estimate of drug-likeness (QED) is 0.573. The number of rotatable bonds is 5. The highest BCUT2D eigenvalue weighted by Crippen LogP contribution is 2.60. The summed E-state index contributed by atoms with van der Waals surface area (Å²) in [5, 5.41) is 0. The third-order valence-electron chi connectivity index (χ3n) is 8.31. The molecule has 0 aliphatic heterocycles. The molecule has 0 bridgehead atoms. The van der Waals surface area contributed by atoms with E-state index in [0.29, 0.717) is 17.1 Å². The van der Waals surface area contributed by atoms with Crippen LogP contribution in [0.3, 0.4) is 0 Å². The maximum atomic E-state index is 11.8. The Balaban J connectivity index is 1.66. The van der Waals surface area contributed by atoms with Gasteiger partial charge >= 0.3 is 0 Å². The molecule has 1 nitrogen and oxygen atoms in total. The molecule has 0 aromatic rings.